The Morgan fingerprint density at radius 1 is 1.44 bits per heavy atom. The summed E-state index contributed by atoms with van der Waals surface area (Å²) in [5.41, 5.74) is 0.435. The lowest BCUT2D eigenvalue weighted by molar-refractivity contribution is -0.384. The smallest absolute Gasteiger partial charge is 0.269 e. The Morgan fingerprint density at radius 3 is 2.61 bits per heavy atom. The fourth-order valence-electron chi connectivity index (χ4n) is 2.02. The summed E-state index contributed by atoms with van der Waals surface area (Å²) in [6, 6.07) is 5.58. The van der Waals surface area contributed by atoms with Gasteiger partial charge in [-0.25, -0.2) is 0 Å². The topological polar surface area (TPSA) is 83.7 Å². The van der Waals surface area contributed by atoms with Crippen LogP contribution in [0.2, 0.25) is 0 Å². The molecule has 6 nitrogen and oxygen atoms in total. The van der Waals surface area contributed by atoms with Crippen molar-refractivity contribution in [1.29, 1.82) is 0 Å². The first-order valence-corrected chi connectivity index (χ1v) is 5.74. The maximum Gasteiger partial charge on any atom is 0.269 e. The number of hydrogen-bond donors (Lipinski definition) is 1. The molecule has 1 N–H and O–H groups in total. The molecule has 0 aromatic heterocycles. The Hall–Kier alpha value is -1.79. The van der Waals surface area contributed by atoms with E-state index in [-0.39, 0.29) is 24.1 Å². The van der Waals surface area contributed by atoms with Crippen LogP contribution < -0.4 is 0 Å². The van der Waals surface area contributed by atoms with Crippen LogP contribution >= 0.6 is 0 Å². The molecule has 0 spiro atoms. The van der Waals surface area contributed by atoms with Gasteiger partial charge in [-0.05, 0) is 18.6 Å². The number of likely N-dealkylation sites (tertiary alicyclic amines) is 1. The fourth-order valence-corrected chi connectivity index (χ4v) is 2.02. The number of Topliss-reactive ketones (excluding diaryl/α,β-unsaturated/α-hetero) is 1. The number of β-amino-alcohol motifs (C(OH)–C–C–N with tert-alkyl or cyclic N) is 1. The van der Waals surface area contributed by atoms with Gasteiger partial charge in [-0.15, -0.1) is 0 Å². The van der Waals surface area contributed by atoms with Crippen LogP contribution in [0.25, 0.3) is 0 Å². The second kappa shape index (κ2) is 5.24. The van der Waals surface area contributed by atoms with Gasteiger partial charge in [0.1, 0.15) is 0 Å². The number of hydrogen-bond acceptors (Lipinski definition) is 5. The molecule has 1 aliphatic heterocycles. The first-order valence-electron chi connectivity index (χ1n) is 5.74. The van der Waals surface area contributed by atoms with Gasteiger partial charge in [-0.3, -0.25) is 19.8 Å². The molecule has 96 valence electrons. The molecule has 1 unspecified atom stereocenters. The van der Waals surface area contributed by atoms with E-state index in [1.54, 1.807) is 0 Å². The van der Waals surface area contributed by atoms with Crippen LogP contribution in [0, 0.1) is 10.1 Å². The first-order chi connectivity index (χ1) is 8.56. The number of benzene rings is 1. The number of nitrogens with zero attached hydrogens (tertiary/aromatic N) is 2. The molecular weight excluding hydrogens is 236 g/mol. The zero-order chi connectivity index (χ0) is 13.1. The third-order valence-corrected chi connectivity index (χ3v) is 3.01. The Bertz CT molecular complexity index is 458. The van der Waals surface area contributed by atoms with Crippen LogP contribution in [0.1, 0.15) is 16.8 Å². The summed E-state index contributed by atoms with van der Waals surface area (Å²) in [6.45, 7) is 1.47. The van der Waals surface area contributed by atoms with Crippen molar-refractivity contribution in [2.45, 2.75) is 12.5 Å². The number of carbonyl (C=O) groups excluding carboxylic acids is 1. The van der Waals surface area contributed by atoms with E-state index in [1.165, 1.54) is 24.3 Å². The third kappa shape index (κ3) is 2.91. The lowest BCUT2D eigenvalue weighted by Gasteiger charge is -2.13. The normalized spacial score (nSPS) is 19.9. The minimum Gasteiger partial charge on any atom is -0.392 e. The maximum atomic E-state index is 11.9. The molecule has 0 saturated carbocycles. The first kappa shape index (κ1) is 12.7. The van der Waals surface area contributed by atoms with Crippen LogP contribution in [0.15, 0.2) is 24.3 Å². The van der Waals surface area contributed by atoms with Crippen LogP contribution in [-0.4, -0.2) is 46.5 Å². The molecule has 1 fully saturated rings. The molecule has 1 aromatic rings. The summed E-state index contributed by atoms with van der Waals surface area (Å²) in [7, 11) is 0. The summed E-state index contributed by atoms with van der Waals surface area (Å²) < 4.78 is 0. The summed E-state index contributed by atoms with van der Waals surface area (Å²) >= 11 is 0. The van der Waals surface area contributed by atoms with Crippen molar-refractivity contribution in [2.75, 3.05) is 19.6 Å². The number of rotatable bonds is 4. The highest BCUT2D eigenvalue weighted by Gasteiger charge is 2.22. The molecule has 6 heteroatoms. The lowest BCUT2D eigenvalue weighted by Crippen LogP contribution is -2.28. The molecule has 1 aromatic carbocycles. The summed E-state index contributed by atoms with van der Waals surface area (Å²) in [5, 5.41) is 19.8. The molecule has 0 amide bonds. The molecule has 0 bridgehead atoms. The number of nitro groups is 1. The van der Waals surface area contributed by atoms with E-state index in [9.17, 15) is 20.0 Å². The predicted molar refractivity (Wildman–Crippen MR) is 64.5 cm³/mol. The van der Waals surface area contributed by atoms with Gasteiger partial charge >= 0.3 is 0 Å². The van der Waals surface area contributed by atoms with Crippen molar-refractivity contribution >= 4 is 11.5 Å². The summed E-state index contributed by atoms with van der Waals surface area (Å²) in [6.07, 6.45) is 0.336. The average molecular weight is 250 g/mol. The van der Waals surface area contributed by atoms with Gasteiger partial charge in [0.15, 0.2) is 5.78 Å². The monoisotopic (exact) mass is 250 g/mol. The quantitative estimate of drug-likeness (QED) is 0.486. The Morgan fingerprint density at radius 2 is 2.11 bits per heavy atom. The maximum absolute atomic E-state index is 11.9. The van der Waals surface area contributed by atoms with E-state index in [4.69, 9.17) is 0 Å². The molecule has 1 heterocycles. The number of ketones is 1. The van der Waals surface area contributed by atoms with E-state index in [0.717, 1.165) is 0 Å². The zero-order valence-corrected chi connectivity index (χ0v) is 9.78. The van der Waals surface area contributed by atoms with Gasteiger partial charge < -0.3 is 5.11 Å². The molecule has 1 saturated heterocycles. The Kier molecular flexibility index (Phi) is 3.69. The highest BCUT2D eigenvalue weighted by atomic mass is 16.6. The standard InChI is InChI=1S/C12H14N2O4/c15-11-5-6-13(7-11)8-12(16)9-1-3-10(4-2-9)14(17)18/h1-4,11,15H,5-8H2. The van der Waals surface area contributed by atoms with E-state index in [2.05, 4.69) is 0 Å². The van der Waals surface area contributed by atoms with Crippen molar-refractivity contribution in [3.05, 3.63) is 39.9 Å². The minimum absolute atomic E-state index is 0.0249. The lowest BCUT2D eigenvalue weighted by atomic mass is 10.1. The van der Waals surface area contributed by atoms with Gasteiger partial charge in [-0.1, -0.05) is 0 Å². The number of non-ortho nitro benzene ring substituents is 1. The number of aliphatic hydroxyl groups is 1. The van der Waals surface area contributed by atoms with Crippen LogP contribution in [0.3, 0.4) is 0 Å². The largest absolute Gasteiger partial charge is 0.392 e. The molecule has 0 radical (unpaired) electrons. The van der Waals surface area contributed by atoms with Gasteiger partial charge in [-0.2, -0.15) is 0 Å². The van der Waals surface area contributed by atoms with Crippen molar-refractivity contribution < 1.29 is 14.8 Å². The van der Waals surface area contributed by atoms with Crippen LogP contribution in [0.4, 0.5) is 5.69 Å². The predicted octanol–water partition coefficient (Wildman–Crippen LogP) is 0.844. The highest BCUT2D eigenvalue weighted by molar-refractivity contribution is 5.97. The number of aliphatic hydroxyl groups excluding tert-OH is 1. The van der Waals surface area contributed by atoms with E-state index >= 15 is 0 Å². The van der Waals surface area contributed by atoms with Gasteiger partial charge in [0.2, 0.25) is 0 Å². The van der Waals surface area contributed by atoms with Crippen LogP contribution in [-0.2, 0) is 0 Å². The van der Waals surface area contributed by atoms with E-state index in [1.807, 2.05) is 4.90 Å². The van der Waals surface area contributed by atoms with Crippen molar-refractivity contribution in [3.63, 3.8) is 0 Å². The van der Waals surface area contributed by atoms with Crippen molar-refractivity contribution in [1.82, 2.24) is 4.90 Å². The molecule has 2 rings (SSSR count). The fraction of sp³-hybridized carbons (Fsp3) is 0.417. The molecular formula is C12H14N2O4. The second-order valence-electron chi connectivity index (χ2n) is 4.40. The number of carbonyl (C=O) groups is 1. The SMILES string of the molecule is O=C(CN1CCC(O)C1)c1ccc([N+](=O)[O-])cc1. The van der Waals surface area contributed by atoms with Gasteiger partial charge in [0.05, 0.1) is 17.6 Å². The molecule has 1 aliphatic rings. The second-order valence-corrected chi connectivity index (χ2v) is 4.40. The minimum atomic E-state index is -0.495. The van der Waals surface area contributed by atoms with Crippen molar-refractivity contribution in [3.8, 4) is 0 Å². The third-order valence-electron chi connectivity index (χ3n) is 3.01. The van der Waals surface area contributed by atoms with E-state index < -0.39 is 4.92 Å². The molecule has 1 atom stereocenters. The highest BCUT2D eigenvalue weighted by Crippen LogP contribution is 2.14. The summed E-state index contributed by atoms with van der Waals surface area (Å²) in [5.74, 6) is -0.0843. The average Bonchev–Trinajstić information content (AvgIpc) is 2.75. The Labute approximate surface area is 104 Å². The van der Waals surface area contributed by atoms with E-state index in [0.29, 0.717) is 25.1 Å². The van der Waals surface area contributed by atoms with Crippen LogP contribution in [0.5, 0.6) is 0 Å². The van der Waals surface area contributed by atoms with Crippen molar-refractivity contribution in [2.24, 2.45) is 0 Å². The Balaban J connectivity index is 1.98. The molecule has 0 aliphatic carbocycles. The van der Waals surface area contributed by atoms with Gasteiger partial charge in [0, 0.05) is 30.8 Å². The van der Waals surface area contributed by atoms with Gasteiger partial charge in [0.25, 0.3) is 5.69 Å². The zero-order valence-electron chi connectivity index (χ0n) is 9.78. The number of nitro benzene ring substituents is 1. The summed E-state index contributed by atoms with van der Waals surface area (Å²) in [4.78, 5) is 23.8. The molecule has 18 heavy (non-hydrogen) atoms.